The third-order valence-electron chi connectivity index (χ3n) is 4.00. The van der Waals surface area contributed by atoms with E-state index in [0.29, 0.717) is 5.69 Å². The number of benzene rings is 2. The molecule has 3 rings (SSSR count). The predicted octanol–water partition coefficient (Wildman–Crippen LogP) is 3.39. The number of carbonyl (C=O) groups excluding carboxylic acids is 1. The lowest BCUT2D eigenvalue weighted by atomic mass is 10.1. The molecule has 1 aromatic heterocycles. The summed E-state index contributed by atoms with van der Waals surface area (Å²) in [5.74, 6) is 0. The van der Waals surface area contributed by atoms with Gasteiger partial charge < -0.3 is 9.72 Å². The zero-order chi connectivity index (χ0) is 18.7. The van der Waals surface area contributed by atoms with Crippen LogP contribution >= 0.6 is 0 Å². The summed E-state index contributed by atoms with van der Waals surface area (Å²) in [6, 6.07) is 13.0. The van der Waals surface area contributed by atoms with E-state index in [4.69, 9.17) is 0 Å². The van der Waals surface area contributed by atoms with Crippen molar-refractivity contribution in [3.63, 3.8) is 0 Å². The Morgan fingerprint density at radius 1 is 1.15 bits per heavy atom. The minimum Gasteiger partial charge on any atom is -0.453 e. The second-order valence-electron chi connectivity index (χ2n) is 5.78. The van der Waals surface area contributed by atoms with Gasteiger partial charge in [0.25, 0.3) is 0 Å². The Morgan fingerprint density at radius 3 is 2.58 bits per heavy atom. The normalized spacial score (nSPS) is 12.7. The maximum Gasteiger partial charge on any atom is 0.411 e. The van der Waals surface area contributed by atoms with Crippen LogP contribution in [0.1, 0.15) is 18.5 Å². The fourth-order valence-corrected chi connectivity index (χ4v) is 3.95. The summed E-state index contributed by atoms with van der Waals surface area (Å²) in [5, 5.41) is 3.41. The Morgan fingerprint density at radius 2 is 1.88 bits per heavy atom. The second kappa shape index (κ2) is 7.19. The zero-order valence-corrected chi connectivity index (χ0v) is 15.1. The number of fused-ring (bicyclic) bond motifs is 1. The molecule has 0 radical (unpaired) electrons. The minimum atomic E-state index is -3.64. The molecule has 0 spiro atoms. The van der Waals surface area contributed by atoms with Crippen molar-refractivity contribution in [1.82, 2.24) is 9.71 Å². The molecule has 0 fully saturated rings. The van der Waals surface area contributed by atoms with Crippen molar-refractivity contribution >= 4 is 32.7 Å². The fraction of sp³-hybridized carbons (Fsp3) is 0.167. The Kier molecular flexibility index (Phi) is 4.97. The SMILES string of the molecule is COC(=O)Nc1ccc2[nH]cc(C(C)NS(=O)(=O)c3ccccc3)c2c1. The van der Waals surface area contributed by atoms with E-state index in [0.717, 1.165) is 16.5 Å². The number of H-pyrrole nitrogens is 1. The lowest BCUT2D eigenvalue weighted by molar-refractivity contribution is 0.187. The van der Waals surface area contributed by atoms with Gasteiger partial charge in [-0.15, -0.1) is 0 Å². The van der Waals surface area contributed by atoms with Gasteiger partial charge in [0.2, 0.25) is 10.0 Å². The lowest BCUT2D eigenvalue weighted by Gasteiger charge is -2.14. The highest BCUT2D eigenvalue weighted by Gasteiger charge is 2.20. The number of rotatable bonds is 5. The topological polar surface area (TPSA) is 100 Å². The van der Waals surface area contributed by atoms with E-state index in [1.165, 1.54) is 7.11 Å². The number of aromatic nitrogens is 1. The first-order chi connectivity index (χ1) is 12.4. The van der Waals surface area contributed by atoms with Crippen LogP contribution in [-0.4, -0.2) is 26.6 Å². The molecule has 3 N–H and O–H groups in total. The molecule has 0 aliphatic rings. The number of hydrogen-bond acceptors (Lipinski definition) is 4. The maximum absolute atomic E-state index is 12.5. The molecular weight excluding hydrogens is 354 g/mol. The smallest absolute Gasteiger partial charge is 0.411 e. The van der Waals surface area contributed by atoms with Crippen LogP contribution in [0.5, 0.6) is 0 Å². The third-order valence-corrected chi connectivity index (χ3v) is 5.55. The predicted molar refractivity (Wildman–Crippen MR) is 99.5 cm³/mol. The van der Waals surface area contributed by atoms with Crippen molar-refractivity contribution in [3.05, 3.63) is 60.3 Å². The minimum absolute atomic E-state index is 0.208. The molecule has 1 unspecified atom stereocenters. The summed E-state index contributed by atoms with van der Waals surface area (Å²) >= 11 is 0. The zero-order valence-electron chi connectivity index (χ0n) is 14.3. The molecule has 136 valence electrons. The van der Waals surface area contributed by atoms with Crippen LogP contribution in [0, 0.1) is 0 Å². The Bertz CT molecular complexity index is 1030. The van der Waals surface area contributed by atoms with Crippen molar-refractivity contribution in [2.75, 3.05) is 12.4 Å². The summed E-state index contributed by atoms with van der Waals surface area (Å²) in [4.78, 5) is 14.7. The van der Waals surface area contributed by atoms with Crippen LogP contribution in [0.4, 0.5) is 10.5 Å². The largest absolute Gasteiger partial charge is 0.453 e. The van der Waals surface area contributed by atoms with E-state index in [-0.39, 0.29) is 4.90 Å². The molecule has 0 aliphatic carbocycles. The van der Waals surface area contributed by atoms with Crippen molar-refractivity contribution in [1.29, 1.82) is 0 Å². The summed E-state index contributed by atoms with van der Waals surface area (Å²) in [6.07, 6.45) is 1.18. The lowest BCUT2D eigenvalue weighted by Crippen LogP contribution is -2.26. The molecule has 1 heterocycles. The number of nitrogens with one attached hydrogen (secondary N) is 3. The number of anilines is 1. The number of aromatic amines is 1. The van der Waals surface area contributed by atoms with E-state index in [1.54, 1.807) is 55.6 Å². The molecule has 2 aromatic carbocycles. The first-order valence-electron chi connectivity index (χ1n) is 7.94. The Labute approximate surface area is 151 Å². The van der Waals surface area contributed by atoms with E-state index < -0.39 is 22.2 Å². The molecule has 0 saturated carbocycles. The van der Waals surface area contributed by atoms with Gasteiger partial charge in [-0.05, 0) is 42.8 Å². The van der Waals surface area contributed by atoms with Crippen LogP contribution in [-0.2, 0) is 14.8 Å². The van der Waals surface area contributed by atoms with E-state index in [1.807, 2.05) is 6.07 Å². The Hall–Kier alpha value is -2.84. The number of methoxy groups -OCH3 is 1. The highest BCUT2D eigenvalue weighted by molar-refractivity contribution is 7.89. The van der Waals surface area contributed by atoms with Gasteiger partial charge in [-0.25, -0.2) is 17.9 Å². The number of hydrogen-bond donors (Lipinski definition) is 3. The van der Waals surface area contributed by atoms with Crippen molar-refractivity contribution < 1.29 is 17.9 Å². The van der Waals surface area contributed by atoms with Crippen molar-refractivity contribution in [2.24, 2.45) is 0 Å². The molecule has 1 atom stereocenters. The van der Waals surface area contributed by atoms with E-state index in [2.05, 4.69) is 19.8 Å². The summed E-state index contributed by atoms with van der Waals surface area (Å²) < 4.78 is 32.3. The average Bonchev–Trinajstić information content (AvgIpc) is 3.05. The molecule has 1 amide bonds. The number of carbonyl (C=O) groups is 1. The molecule has 3 aromatic rings. The van der Waals surface area contributed by atoms with Crippen molar-refractivity contribution in [3.8, 4) is 0 Å². The van der Waals surface area contributed by atoms with Gasteiger partial charge in [-0.1, -0.05) is 18.2 Å². The molecular formula is C18H19N3O4S. The maximum atomic E-state index is 12.5. The van der Waals surface area contributed by atoms with Gasteiger partial charge in [0.1, 0.15) is 0 Å². The van der Waals surface area contributed by atoms with Gasteiger partial charge in [-0.2, -0.15) is 0 Å². The molecule has 7 nitrogen and oxygen atoms in total. The first kappa shape index (κ1) is 18.0. The van der Waals surface area contributed by atoms with Crippen LogP contribution in [0.15, 0.2) is 59.6 Å². The summed E-state index contributed by atoms with van der Waals surface area (Å²) in [6.45, 7) is 1.77. The molecule has 8 heteroatoms. The van der Waals surface area contributed by atoms with Crippen LogP contribution in [0.2, 0.25) is 0 Å². The third kappa shape index (κ3) is 3.71. The molecule has 26 heavy (non-hydrogen) atoms. The summed E-state index contributed by atoms with van der Waals surface area (Å²) in [5.41, 5.74) is 2.16. The second-order valence-corrected chi connectivity index (χ2v) is 7.49. The highest BCUT2D eigenvalue weighted by Crippen LogP contribution is 2.28. The highest BCUT2D eigenvalue weighted by atomic mass is 32.2. The van der Waals surface area contributed by atoms with E-state index >= 15 is 0 Å². The van der Waals surface area contributed by atoms with Gasteiger partial charge >= 0.3 is 6.09 Å². The average molecular weight is 373 g/mol. The van der Waals surface area contributed by atoms with Gasteiger partial charge in [0.15, 0.2) is 0 Å². The van der Waals surface area contributed by atoms with Gasteiger partial charge in [0, 0.05) is 28.8 Å². The number of ether oxygens (including phenoxy) is 1. The van der Waals surface area contributed by atoms with Crippen LogP contribution in [0.3, 0.4) is 0 Å². The van der Waals surface area contributed by atoms with E-state index in [9.17, 15) is 13.2 Å². The molecule has 0 aliphatic heterocycles. The summed E-state index contributed by atoms with van der Waals surface area (Å²) in [7, 11) is -2.35. The van der Waals surface area contributed by atoms with Gasteiger partial charge in [0.05, 0.1) is 12.0 Å². The molecule has 0 bridgehead atoms. The standard InChI is InChI=1S/C18H19N3O4S/c1-12(21-26(23,24)14-6-4-3-5-7-14)16-11-19-17-9-8-13(10-15(16)17)20-18(22)25-2/h3-12,19,21H,1-2H3,(H,20,22). The monoisotopic (exact) mass is 373 g/mol. The van der Waals surface area contributed by atoms with Crippen LogP contribution in [0.25, 0.3) is 10.9 Å². The number of sulfonamides is 1. The molecule has 0 saturated heterocycles. The quantitative estimate of drug-likeness (QED) is 0.638. The number of amides is 1. The van der Waals surface area contributed by atoms with Crippen LogP contribution < -0.4 is 10.0 Å². The van der Waals surface area contributed by atoms with Crippen molar-refractivity contribution in [2.45, 2.75) is 17.9 Å². The van der Waals surface area contributed by atoms with Gasteiger partial charge in [-0.3, -0.25) is 5.32 Å². The Balaban J connectivity index is 1.89. The first-order valence-corrected chi connectivity index (χ1v) is 9.42. The fourth-order valence-electron chi connectivity index (χ4n) is 2.71.